The number of carbonyl (C=O) groups is 1. The van der Waals surface area contributed by atoms with Crippen molar-refractivity contribution in [3.05, 3.63) is 44.8 Å². The summed E-state index contributed by atoms with van der Waals surface area (Å²) in [6, 6.07) is 7.05. The molecule has 29 heavy (non-hydrogen) atoms. The number of nitrogens with one attached hydrogen (secondary N) is 1. The van der Waals surface area contributed by atoms with Crippen LogP contribution in [0.2, 0.25) is 4.34 Å². The van der Waals surface area contributed by atoms with Crippen molar-refractivity contribution >= 4 is 50.2 Å². The lowest BCUT2D eigenvalue weighted by molar-refractivity contribution is -0.384. The molecule has 9 nitrogen and oxygen atoms in total. The molecule has 156 valence electrons. The standard InChI is InChI=1S/C17H18ClN3O6S2/c1-27-12-4-5-13(14(9-12)21(23)24)19-17(22)11-3-2-8-20(10-11)29(25,26)16-7-6-15(18)28-16/h4-7,9,11H,2-3,8,10H2,1H3,(H,19,22). The number of hydrogen-bond acceptors (Lipinski definition) is 7. The summed E-state index contributed by atoms with van der Waals surface area (Å²) in [6.45, 7) is 0.290. The van der Waals surface area contributed by atoms with Gasteiger partial charge in [-0.15, -0.1) is 11.3 Å². The third kappa shape index (κ3) is 4.69. The number of anilines is 1. The molecule has 1 N–H and O–H groups in total. The Hall–Kier alpha value is -2.21. The highest BCUT2D eigenvalue weighted by molar-refractivity contribution is 7.91. The fraction of sp³-hybridized carbons (Fsp3) is 0.353. The Kier molecular flexibility index (Phi) is 6.42. The van der Waals surface area contributed by atoms with Crippen LogP contribution in [0.1, 0.15) is 12.8 Å². The van der Waals surface area contributed by atoms with Crippen LogP contribution in [0.25, 0.3) is 0 Å². The van der Waals surface area contributed by atoms with Crippen LogP contribution in [-0.4, -0.2) is 43.8 Å². The maximum Gasteiger partial charge on any atom is 0.296 e. The van der Waals surface area contributed by atoms with Gasteiger partial charge in [-0.2, -0.15) is 4.31 Å². The summed E-state index contributed by atoms with van der Waals surface area (Å²) in [5.74, 6) is -0.808. The smallest absolute Gasteiger partial charge is 0.296 e. The number of halogens is 1. The van der Waals surface area contributed by atoms with E-state index in [1.807, 2.05) is 0 Å². The van der Waals surface area contributed by atoms with Crippen molar-refractivity contribution in [2.24, 2.45) is 5.92 Å². The Morgan fingerprint density at radius 2 is 2.14 bits per heavy atom. The van der Waals surface area contributed by atoms with E-state index in [0.717, 1.165) is 11.3 Å². The zero-order valence-corrected chi connectivity index (χ0v) is 17.7. The second-order valence-corrected chi connectivity index (χ2v) is 10.3. The minimum absolute atomic E-state index is 0.00631. The van der Waals surface area contributed by atoms with E-state index in [1.54, 1.807) is 0 Å². The quantitative estimate of drug-likeness (QED) is 0.522. The molecule has 3 rings (SSSR count). The topological polar surface area (TPSA) is 119 Å². The van der Waals surface area contributed by atoms with Crippen molar-refractivity contribution in [2.45, 2.75) is 17.1 Å². The number of amides is 1. The summed E-state index contributed by atoms with van der Waals surface area (Å²) >= 11 is 6.80. The Balaban J connectivity index is 1.76. The molecule has 1 aromatic carbocycles. The second-order valence-electron chi connectivity index (χ2n) is 6.39. The van der Waals surface area contributed by atoms with Crippen LogP contribution in [0.4, 0.5) is 11.4 Å². The molecular formula is C17H18ClN3O6S2. The Morgan fingerprint density at radius 3 is 2.76 bits per heavy atom. The van der Waals surface area contributed by atoms with E-state index >= 15 is 0 Å². The highest BCUT2D eigenvalue weighted by Gasteiger charge is 2.34. The van der Waals surface area contributed by atoms with Gasteiger partial charge in [0.25, 0.3) is 15.7 Å². The number of piperidine rings is 1. The summed E-state index contributed by atoms with van der Waals surface area (Å²) in [4.78, 5) is 23.4. The predicted molar refractivity (Wildman–Crippen MR) is 109 cm³/mol. The van der Waals surface area contributed by atoms with Gasteiger partial charge in [0.1, 0.15) is 15.6 Å². The van der Waals surface area contributed by atoms with Crippen LogP contribution in [-0.2, 0) is 14.8 Å². The monoisotopic (exact) mass is 459 g/mol. The lowest BCUT2D eigenvalue weighted by atomic mass is 9.98. The first-order valence-electron chi connectivity index (χ1n) is 8.61. The number of thiophene rings is 1. The molecule has 12 heteroatoms. The molecule has 0 spiro atoms. The first kappa shape index (κ1) is 21.5. The Morgan fingerprint density at radius 1 is 1.38 bits per heavy atom. The zero-order valence-electron chi connectivity index (χ0n) is 15.3. The molecule has 1 unspecified atom stereocenters. The number of nitro groups is 1. The van der Waals surface area contributed by atoms with Gasteiger partial charge in [0, 0.05) is 13.1 Å². The van der Waals surface area contributed by atoms with Crippen molar-refractivity contribution in [1.82, 2.24) is 4.31 Å². The van der Waals surface area contributed by atoms with Crippen LogP contribution in [0, 0.1) is 16.0 Å². The van der Waals surface area contributed by atoms with Crippen molar-refractivity contribution in [3.8, 4) is 5.75 Å². The zero-order chi connectivity index (χ0) is 21.2. The van der Waals surface area contributed by atoms with Gasteiger partial charge in [-0.05, 0) is 37.1 Å². The summed E-state index contributed by atoms with van der Waals surface area (Å²) in [5.41, 5.74) is -0.267. The molecule has 0 bridgehead atoms. The third-order valence-corrected chi connectivity index (χ3v) is 8.12. The van der Waals surface area contributed by atoms with E-state index < -0.39 is 26.8 Å². The number of nitro benzene ring substituents is 1. The van der Waals surface area contributed by atoms with Crippen LogP contribution >= 0.6 is 22.9 Å². The molecule has 2 heterocycles. The largest absolute Gasteiger partial charge is 0.496 e. The molecule has 1 amide bonds. The van der Waals surface area contributed by atoms with Crippen LogP contribution < -0.4 is 10.1 Å². The molecule has 1 saturated heterocycles. The third-order valence-electron chi connectivity index (χ3n) is 4.56. The average Bonchev–Trinajstić information content (AvgIpc) is 3.15. The van der Waals surface area contributed by atoms with Gasteiger partial charge in [0.15, 0.2) is 0 Å². The molecule has 2 aromatic rings. The first-order chi connectivity index (χ1) is 13.7. The minimum atomic E-state index is -3.75. The predicted octanol–water partition coefficient (Wildman–Crippen LogP) is 3.36. The first-order valence-corrected chi connectivity index (χ1v) is 11.2. The van der Waals surface area contributed by atoms with E-state index in [2.05, 4.69) is 5.32 Å². The minimum Gasteiger partial charge on any atom is -0.496 e. The highest BCUT2D eigenvalue weighted by atomic mass is 35.5. The Labute approximate surface area is 176 Å². The highest BCUT2D eigenvalue weighted by Crippen LogP contribution is 2.32. The maximum atomic E-state index is 12.8. The van der Waals surface area contributed by atoms with Gasteiger partial charge in [-0.1, -0.05) is 11.6 Å². The van der Waals surface area contributed by atoms with Gasteiger partial charge >= 0.3 is 0 Å². The number of ether oxygens (including phenoxy) is 1. The van der Waals surface area contributed by atoms with Gasteiger partial charge in [-0.3, -0.25) is 14.9 Å². The molecule has 1 aromatic heterocycles. The molecule has 1 atom stereocenters. The molecule has 0 saturated carbocycles. The van der Waals surface area contributed by atoms with E-state index in [1.165, 1.54) is 41.7 Å². The maximum absolute atomic E-state index is 12.8. The lowest BCUT2D eigenvalue weighted by Gasteiger charge is -2.30. The van der Waals surface area contributed by atoms with Crippen LogP contribution in [0.3, 0.4) is 0 Å². The summed E-state index contributed by atoms with van der Waals surface area (Å²) in [7, 11) is -2.36. The van der Waals surface area contributed by atoms with Gasteiger partial charge in [0.05, 0.1) is 28.4 Å². The molecular weight excluding hydrogens is 442 g/mol. The van der Waals surface area contributed by atoms with E-state index in [-0.39, 0.29) is 22.1 Å². The number of sulfonamides is 1. The summed E-state index contributed by atoms with van der Waals surface area (Å²) < 4.78 is 32.3. The van der Waals surface area contributed by atoms with Gasteiger partial charge in [-0.25, -0.2) is 8.42 Å². The number of hydrogen-bond donors (Lipinski definition) is 1. The van der Waals surface area contributed by atoms with Crippen LogP contribution in [0.15, 0.2) is 34.5 Å². The number of methoxy groups -OCH3 is 1. The van der Waals surface area contributed by atoms with Gasteiger partial charge in [0.2, 0.25) is 5.91 Å². The second kappa shape index (κ2) is 8.66. The van der Waals surface area contributed by atoms with Crippen molar-refractivity contribution in [2.75, 3.05) is 25.5 Å². The number of nitrogens with zero attached hydrogens (tertiary/aromatic N) is 2. The Bertz CT molecular complexity index is 1040. The fourth-order valence-corrected chi connectivity index (χ4v) is 6.23. The van der Waals surface area contributed by atoms with E-state index in [0.29, 0.717) is 29.5 Å². The number of carbonyl (C=O) groups excluding carboxylic acids is 1. The SMILES string of the molecule is COc1ccc(NC(=O)C2CCCN(S(=O)(=O)c3ccc(Cl)s3)C2)c([N+](=O)[O-])c1. The average molecular weight is 460 g/mol. The summed E-state index contributed by atoms with van der Waals surface area (Å²) in [5, 5.41) is 13.8. The fourth-order valence-electron chi connectivity index (χ4n) is 3.07. The van der Waals surface area contributed by atoms with E-state index in [9.17, 15) is 23.3 Å². The summed E-state index contributed by atoms with van der Waals surface area (Å²) in [6.07, 6.45) is 0.980. The normalized spacial score (nSPS) is 17.7. The molecule has 0 aliphatic carbocycles. The molecule has 1 aliphatic heterocycles. The van der Waals surface area contributed by atoms with Gasteiger partial charge < -0.3 is 10.1 Å². The number of benzene rings is 1. The molecule has 0 radical (unpaired) electrons. The van der Waals surface area contributed by atoms with E-state index in [4.69, 9.17) is 16.3 Å². The lowest BCUT2D eigenvalue weighted by Crippen LogP contribution is -2.43. The van der Waals surface area contributed by atoms with Crippen molar-refractivity contribution in [1.29, 1.82) is 0 Å². The molecule has 1 aliphatic rings. The van der Waals surface area contributed by atoms with Crippen molar-refractivity contribution < 1.29 is 22.9 Å². The molecule has 1 fully saturated rings. The van der Waals surface area contributed by atoms with Crippen molar-refractivity contribution in [3.63, 3.8) is 0 Å². The van der Waals surface area contributed by atoms with Crippen LogP contribution in [0.5, 0.6) is 5.75 Å². The number of rotatable bonds is 6.